The third kappa shape index (κ3) is 1.89. The number of benzene rings is 2. The van der Waals surface area contributed by atoms with Gasteiger partial charge in [-0.15, -0.1) is 0 Å². The average Bonchev–Trinajstić information content (AvgIpc) is 2.56. The minimum atomic E-state index is -0.839. The van der Waals surface area contributed by atoms with Crippen molar-refractivity contribution in [3.05, 3.63) is 70.3 Å². The number of aryl methyl sites for hydroxylation is 3. The van der Waals surface area contributed by atoms with Gasteiger partial charge in [0.05, 0.1) is 0 Å². The van der Waals surface area contributed by atoms with Crippen molar-refractivity contribution in [1.82, 2.24) is 0 Å². The smallest absolute Gasteiger partial charge is 0.115 e. The summed E-state index contributed by atoms with van der Waals surface area (Å²) >= 11 is 0. The van der Waals surface area contributed by atoms with E-state index in [4.69, 9.17) is 0 Å². The standard InChI is InChI=1S/C18H20O/c1-3-18(19)16-7-5-4-6-14(16)10-11-15-9-8-13(2)12-17(15)18/h4-9,12,19H,3,10-11H2,1-2H3. The van der Waals surface area contributed by atoms with E-state index >= 15 is 0 Å². The molecule has 0 heterocycles. The number of fused-ring (bicyclic) bond motifs is 2. The molecule has 0 spiro atoms. The van der Waals surface area contributed by atoms with Crippen molar-refractivity contribution in [2.75, 3.05) is 0 Å². The zero-order valence-electron chi connectivity index (χ0n) is 11.6. The predicted octanol–water partition coefficient (Wildman–Crippen LogP) is 3.74. The van der Waals surface area contributed by atoms with E-state index < -0.39 is 5.60 Å². The summed E-state index contributed by atoms with van der Waals surface area (Å²) in [5.74, 6) is 0. The maximum absolute atomic E-state index is 11.3. The van der Waals surface area contributed by atoms with Gasteiger partial charge >= 0.3 is 0 Å². The summed E-state index contributed by atoms with van der Waals surface area (Å²) < 4.78 is 0. The first-order valence-electron chi connectivity index (χ1n) is 7.06. The van der Waals surface area contributed by atoms with Gasteiger partial charge in [-0.2, -0.15) is 0 Å². The zero-order chi connectivity index (χ0) is 13.5. The maximum atomic E-state index is 11.3. The van der Waals surface area contributed by atoms with Crippen molar-refractivity contribution >= 4 is 0 Å². The molecule has 0 radical (unpaired) electrons. The third-order valence-corrected chi connectivity index (χ3v) is 4.35. The minimum absolute atomic E-state index is 0.709. The highest BCUT2D eigenvalue weighted by Crippen LogP contribution is 2.40. The van der Waals surface area contributed by atoms with E-state index in [-0.39, 0.29) is 0 Å². The molecule has 0 bridgehead atoms. The fraction of sp³-hybridized carbons (Fsp3) is 0.333. The van der Waals surface area contributed by atoms with Crippen LogP contribution in [0.25, 0.3) is 0 Å². The van der Waals surface area contributed by atoms with Gasteiger partial charge in [-0.25, -0.2) is 0 Å². The van der Waals surface area contributed by atoms with Crippen LogP contribution in [-0.2, 0) is 18.4 Å². The maximum Gasteiger partial charge on any atom is 0.115 e. The van der Waals surface area contributed by atoms with Crippen LogP contribution in [0.4, 0.5) is 0 Å². The van der Waals surface area contributed by atoms with E-state index in [2.05, 4.69) is 50.2 Å². The molecule has 0 saturated carbocycles. The monoisotopic (exact) mass is 252 g/mol. The number of aliphatic hydroxyl groups is 1. The Balaban J connectivity index is 2.29. The van der Waals surface area contributed by atoms with Crippen molar-refractivity contribution in [2.45, 2.75) is 38.7 Å². The Labute approximate surface area is 114 Å². The van der Waals surface area contributed by atoms with Crippen LogP contribution >= 0.6 is 0 Å². The molecule has 2 aromatic rings. The Hall–Kier alpha value is -1.60. The Morgan fingerprint density at radius 3 is 2.42 bits per heavy atom. The summed E-state index contributed by atoms with van der Waals surface area (Å²) in [5, 5.41) is 11.3. The quantitative estimate of drug-likeness (QED) is 0.819. The molecule has 1 aliphatic rings. The molecule has 0 aromatic heterocycles. The normalized spacial score (nSPS) is 21.4. The van der Waals surface area contributed by atoms with Gasteiger partial charge in [0, 0.05) is 0 Å². The first-order valence-corrected chi connectivity index (χ1v) is 7.06. The molecule has 1 nitrogen and oxygen atoms in total. The summed E-state index contributed by atoms with van der Waals surface area (Å²) in [5.41, 5.74) is 5.12. The lowest BCUT2D eigenvalue weighted by atomic mass is 9.81. The first kappa shape index (κ1) is 12.4. The topological polar surface area (TPSA) is 20.2 Å². The number of hydrogen-bond donors (Lipinski definition) is 1. The van der Waals surface area contributed by atoms with Gasteiger partial charge in [0.25, 0.3) is 0 Å². The van der Waals surface area contributed by atoms with Gasteiger partial charge < -0.3 is 5.11 Å². The third-order valence-electron chi connectivity index (χ3n) is 4.35. The first-order chi connectivity index (χ1) is 9.15. The van der Waals surface area contributed by atoms with Gasteiger partial charge in [-0.3, -0.25) is 0 Å². The van der Waals surface area contributed by atoms with Gasteiger partial charge in [0.15, 0.2) is 0 Å². The van der Waals surface area contributed by atoms with Crippen LogP contribution in [0.1, 0.15) is 41.2 Å². The molecule has 2 aromatic carbocycles. The highest BCUT2D eigenvalue weighted by atomic mass is 16.3. The van der Waals surface area contributed by atoms with Crippen LogP contribution in [-0.4, -0.2) is 5.11 Å². The molecule has 0 saturated heterocycles. The fourth-order valence-corrected chi connectivity index (χ4v) is 3.23. The molecule has 1 unspecified atom stereocenters. The summed E-state index contributed by atoms with van der Waals surface area (Å²) in [6, 6.07) is 14.8. The van der Waals surface area contributed by atoms with E-state index in [9.17, 15) is 5.11 Å². The molecular formula is C18H20O. The minimum Gasteiger partial charge on any atom is -0.380 e. The molecular weight excluding hydrogens is 232 g/mol. The van der Waals surface area contributed by atoms with Crippen LogP contribution in [0.2, 0.25) is 0 Å². The van der Waals surface area contributed by atoms with Crippen molar-refractivity contribution in [2.24, 2.45) is 0 Å². The van der Waals surface area contributed by atoms with Crippen molar-refractivity contribution in [1.29, 1.82) is 0 Å². The number of hydrogen-bond acceptors (Lipinski definition) is 1. The van der Waals surface area contributed by atoms with E-state index in [0.717, 1.165) is 24.0 Å². The molecule has 1 aliphatic carbocycles. The lowest BCUT2D eigenvalue weighted by Gasteiger charge is -2.30. The van der Waals surface area contributed by atoms with E-state index in [1.54, 1.807) is 0 Å². The molecule has 1 atom stereocenters. The van der Waals surface area contributed by atoms with Crippen molar-refractivity contribution < 1.29 is 5.11 Å². The van der Waals surface area contributed by atoms with Crippen LogP contribution in [0, 0.1) is 6.92 Å². The second-order valence-electron chi connectivity index (χ2n) is 5.53. The molecule has 98 valence electrons. The molecule has 0 amide bonds. The van der Waals surface area contributed by atoms with Crippen molar-refractivity contribution in [3.63, 3.8) is 0 Å². The van der Waals surface area contributed by atoms with E-state index in [1.807, 2.05) is 6.07 Å². The molecule has 1 heteroatoms. The largest absolute Gasteiger partial charge is 0.380 e. The summed E-state index contributed by atoms with van der Waals surface area (Å²) in [6.45, 7) is 4.15. The molecule has 0 fully saturated rings. The van der Waals surface area contributed by atoms with Gasteiger partial charge in [0.1, 0.15) is 5.60 Å². The van der Waals surface area contributed by atoms with Crippen LogP contribution in [0.15, 0.2) is 42.5 Å². The SMILES string of the molecule is CCC1(O)c2ccccc2CCc2ccc(C)cc21. The highest BCUT2D eigenvalue weighted by Gasteiger charge is 2.35. The molecule has 1 N–H and O–H groups in total. The second kappa shape index (κ2) is 4.50. The van der Waals surface area contributed by atoms with Gasteiger partial charge in [-0.05, 0) is 48.4 Å². The lowest BCUT2D eigenvalue weighted by Crippen LogP contribution is -2.27. The second-order valence-corrected chi connectivity index (χ2v) is 5.53. The van der Waals surface area contributed by atoms with Crippen molar-refractivity contribution in [3.8, 4) is 0 Å². The Morgan fingerprint density at radius 1 is 1.00 bits per heavy atom. The summed E-state index contributed by atoms with van der Waals surface area (Å²) in [6.07, 6.45) is 2.73. The Bertz CT molecular complexity index is 615. The van der Waals surface area contributed by atoms with Gasteiger partial charge in [0.2, 0.25) is 0 Å². The predicted molar refractivity (Wildman–Crippen MR) is 78.3 cm³/mol. The Morgan fingerprint density at radius 2 is 1.68 bits per heavy atom. The average molecular weight is 252 g/mol. The Kier molecular flexibility index (Phi) is 2.94. The van der Waals surface area contributed by atoms with Gasteiger partial charge in [-0.1, -0.05) is 55.0 Å². The molecule has 19 heavy (non-hydrogen) atoms. The zero-order valence-corrected chi connectivity index (χ0v) is 11.6. The van der Waals surface area contributed by atoms with E-state index in [0.29, 0.717) is 6.42 Å². The number of rotatable bonds is 1. The van der Waals surface area contributed by atoms with E-state index in [1.165, 1.54) is 16.7 Å². The fourth-order valence-electron chi connectivity index (χ4n) is 3.23. The molecule has 0 aliphatic heterocycles. The molecule has 3 rings (SSSR count). The summed E-state index contributed by atoms with van der Waals surface area (Å²) in [7, 11) is 0. The van der Waals surface area contributed by atoms with Crippen LogP contribution in [0.5, 0.6) is 0 Å². The summed E-state index contributed by atoms with van der Waals surface area (Å²) in [4.78, 5) is 0. The van der Waals surface area contributed by atoms with Crippen LogP contribution < -0.4 is 0 Å². The lowest BCUT2D eigenvalue weighted by molar-refractivity contribution is 0.0758. The van der Waals surface area contributed by atoms with Crippen LogP contribution in [0.3, 0.4) is 0 Å². The highest BCUT2D eigenvalue weighted by molar-refractivity contribution is 5.48.